The summed E-state index contributed by atoms with van der Waals surface area (Å²) in [5.41, 5.74) is 2.72. The first-order valence-corrected chi connectivity index (χ1v) is 8.00. The molecule has 2 nitrogen and oxygen atoms in total. The van der Waals surface area contributed by atoms with Crippen LogP contribution in [0.25, 0.3) is 10.9 Å². The standard InChI is InChI=1S/C16H21BrN2/c1-12-16(17)14-4-2-3-5-15(14)19(12)11-8-13-6-9-18-10-7-13/h2-5,13,18H,6-11H2,1H3. The molecule has 2 heterocycles. The summed E-state index contributed by atoms with van der Waals surface area (Å²) in [4.78, 5) is 0. The van der Waals surface area contributed by atoms with Gasteiger partial charge in [0.1, 0.15) is 0 Å². The topological polar surface area (TPSA) is 17.0 Å². The van der Waals surface area contributed by atoms with Crippen molar-refractivity contribution >= 4 is 26.8 Å². The van der Waals surface area contributed by atoms with Gasteiger partial charge in [-0.05, 0) is 67.2 Å². The average molecular weight is 321 g/mol. The Morgan fingerprint density at radius 3 is 2.79 bits per heavy atom. The number of piperidine rings is 1. The SMILES string of the molecule is Cc1c(Br)c2ccccc2n1CCC1CCNCC1. The third kappa shape index (κ3) is 2.59. The lowest BCUT2D eigenvalue weighted by Gasteiger charge is -2.23. The molecule has 3 heteroatoms. The first-order valence-electron chi connectivity index (χ1n) is 7.21. The van der Waals surface area contributed by atoms with Gasteiger partial charge in [0.15, 0.2) is 0 Å². The molecule has 0 saturated carbocycles. The second kappa shape index (κ2) is 5.68. The number of fused-ring (bicyclic) bond motifs is 1. The predicted molar refractivity (Wildman–Crippen MR) is 84.6 cm³/mol. The number of nitrogens with zero attached hydrogens (tertiary/aromatic N) is 1. The van der Waals surface area contributed by atoms with Gasteiger partial charge in [0, 0.05) is 27.6 Å². The highest BCUT2D eigenvalue weighted by Gasteiger charge is 2.15. The lowest BCUT2D eigenvalue weighted by Crippen LogP contribution is -2.28. The van der Waals surface area contributed by atoms with Gasteiger partial charge in [-0.1, -0.05) is 18.2 Å². The molecule has 3 rings (SSSR count). The highest BCUT2D eigenvalue weighted by atomic mass is 79.9. The monoisotopic (exact) mass is 320 g/mol. The van der Waals surface area contributed by atoms with E-state index in [0.29, 0.717) is 0 Å². The van der Waals surface area contributed by atoms with Crippen LogP contribution < -0.4 is 5.32 Å². The number of halogens is 1. The van der Waals surface area contributed by atoms with Crippen LogP contribution in [0.15, 0.2) is 28.7 Å². The van der Waals surface area contributed by atoms with E-state index in [2.05, 4.69) is 57.0 Å². The number of aromatic nitrogens is 1. The van der Waals surface area contributed by atoms with E-state index in [1.807, 2.05) is 0 Å². The normalized spacial score (nSPS) is 17.2. The molecule has 0 amide bonds. The molecular formula is C16H21BrN2. The summed E-state index contributed by atoms with van der Waals surface area (Å²) in [5, 5.41) is 4.78. The highest BCUT2D eigenvalue weighted by Crippen LogP contribution is 2.31. The van der Waals surface area contributed by atoms with Crippen LogP contribution in [0.4, 0.5) is 0 Å². The Morgan fingerprint density at radius 1 is 1.26 bits per heavy atom. The zero-order valence-electron chi connectivity index (χ0n) is 11.5. The summed E-state index contributed by atoms with van der Waals surface area (Å²) >= 11 is 3.74. The van der Waals surface area contributed by atoms with E-state index < -0.39 is 0 Å². The first-order chi connectivity index (χ1) is 9.27. The summed E-state index contributed by atoms with van der Waals surface area (Å²) in [6.45, 7) is 5.74. The van der Waals surface area contributed by atoms with E-state index in [9.17, 15) is 0 Å². The summed E-state index contributed by atoms with van der Waals surface area (Å²) in [5.74, 6) is 0.889. The molecule has 0 aliphatic carbocycles. The zero-order chi connectivity index (χ0) is 13.2. The summed E-state index contributed by atoms with van der Waals surface area (Å²) < 4.78 is 3.73. The van der Waals surface area contributed by atoms with E-state index in [1.165, 1.54) is 53.4 Å². The van der Waals surface area contributed by atoms with Crippen molar-refractivity contribution in [2.45, 2.75) is 32.7 Å². The molecule has 102 valence electrons. The average Bonchev–Trinajstić information content (AvgIpc) is 2.71. The maximum absolute atomic E-state index is 3.74. The molecule has 1 aromatic carbocycles. The third-order valence-corrected chi connectivity index (χ3v) is 5.37. The maximum atomic E-state index is 3.74. The van der Waals surface area contributed by atoms with Gasteiger partial charge in [0.05, 0.1) is 0 Å². The van der Waals surface area contributed by atoms with Crippen molar-refractivity contribution in [2.24, 2.45) is 5.92 Å². The van der Waals surface area contributed by atoms with Crippen LogP contribution in [0.3, 0.4) is 0 Å². The minimum atomic E-state index is 0.889. The smallest absolute Gasteiger partial charge is 0.0494 e. The molecular weight excluding hydrogens is 300 g/mol. The molecule has 19 heavy (non-hydrogen) atoms. The predicted octanol–water partition coefficient (Wildman–Crippen LogP) is 4.10. The van der Waals surface area contributed by atoms with Crippen LogP contribution in [0.5, 0.6) is 0 Å². The summed E-state index contributed by atoms with van der Waals surface area (Å²) in [7, 11) is 0. The second-order valence-corrected chi connectivity index (χ2v) is 6.34. The number of rotatable bonds is 3. The Bertz CT molecular complexity index is 567. The van der Waals surface area contributed by atoms with Crippen LogP contribution in [-0.2, 0) is 6.54 Å². The van der Waals surface area contributed by atoms with Crippen molar-refractivity contribution in [3.63, 3.8) is 0 Å². The largest absolute Gasteiger partial charge is 0.344 e. The van der Waals surface area contributed by atoms with E-state index in [0.717, 1.165) is 12.5 Å². The zero-order valence-corrected chi connectivity index (χ0v) is 13.0. The van der Waals surface area contributed by atoms with E-state index >= 15 is 0 Å². The first kappa shape index (κ1) is 13.2. The van der Waals surface area contributed by atoms with Crippen LogP contribution in [0.1, 0.15) is 25.0 Å². The molecule has 1 N–H and O–H groups in total. The molecule has 1 saturated heterocycles. The van der Waals surface area contributed by atoms with E-state index in [-0.39, 0.29) is 0 Å². The Balaban J connectivity index is 1.82. The fourth-order valence-corrected chi connectivity index (χ4v) is 3.71. The highest BCUT2D eigenvalue weighted by molar-refractivity contribution is 9.10. The molecule has 1 aromatic heterocycles. The second-order valence-electron chi connectivity index (χ2n) is 5.55. The fraction of sp³-hybridized carbons (Fsp3) is 0.500. The number of benzene rings is 1. The van der Waals surface area contributed by atoms with E-state index in [1.54, 1.807) is 0 Å². The van der Waals surface area contributed by atoms with Crippen LogP contribution in [0.2, 0.25) is 0 Å². The van der Waals surface area contributed by atoms with Crippen molar-refractivity contribution in [3.05, 3.63) is 34.4 Å². The molecule has 1 aliphatic heterocycles. The van der Waals surface area contributed by atoms with Crippen molar-refractivity contribution in [2.75, 3.05) is 13.1 Å². The van der Waals surface area contributed by atoms with E-state index in [4.69, 9.17) is 0 Å². The Hall–Kier alpha value is -0.800. The molecule has 0 atom stereocenters. The molecule has 0 spiro atoms. The van der Waals surface area contributed by atoms with Crippen molar-refractivity contribution in [1.29, 1.82) is 0 Å². The van der Waals surface area contributed by atoms with Crippen molar-refractivity contribution < 1.29 is 0 Å². The van der Waals surface area contributed by atoms with Gasteiger partial charge in [0.2, 0.25) is 0 Å². The van der Waals surface area contributed by atoms with Gasteiger partial charge in [0.25, 0.3) is 0 Å². The number of nitrogens with one attached hydrogen (secondary N) is 1. The molecule has 0 bridgehead atoms. The van der Waals surface area contributed by atoms with Crippen LogP contribution >= 0.6 is 15.9 Å². The fourth-order valence-electron chi connectivity index (χ4n) is 3.16. The summed E-state index contributed by atoms with van der Waals surface area (Å²) in [6.07, 6.45) is 3.96. The van der Waals surface area contributed by atoms with Gasteiger partial charge < -0.3 is 9.88 Å². The van der Waals surface area contributed by atoms with Gasteiger partial charge in [-0.15, -0.1) is 0 Å². The van der Waals surface area contributed by atoms with Gasteiger partial charge in [-0.25, -0.2) is 0 Å². The van der Waals surface area contributed by atoms with Crippen molar-refractivity contribution in [3.8, 4) is 0 Å². The van der Waals surface area contributed by atoms with Gasteiger partial charge in [-0.3, -0.25) is 0 Å². The minimum Gasteiger partial charge on any atom is -0.344 e. The maximum Gasteiger partial charge on any atom is 0.0494 e. The number of hydrogen-bond acceptors (Lipinski definition) is 1. The Morgan fingerprint density at radius 2 is 2.00 bits per heavy atom. The molecule has 2 aromatic rings. The van der Waals surface area contributed by atoms with Crippen LogP contribution in [0, 0.1) is 12.8 Å². The summed E-state index contributed by atoms with van der Waals surface area (Å²) in [6, 6.07) is 8.68. The third-order valence-electron chi connectivity index (χ3n) is 4.37. The van der Waals surface area contributed by atoms with Crippen molar-refractivity contribution in [1.82, 2.24) is 9.88 Å². The Labute approximate surface area is 123 Å². The van der Waals surface area contributed by atoms with Crippen LogP contribution in [-0.4, -0.2) is 17.7 Å². The lowest BCUT2D eigenvalue weighted by atomic mass is 9.95. The Kier molecular flexibility index (Phi) is 3.94. The van der Waals surface area contributed by atoms with Gasteiger partial charge in [-0.2, -0.15) is 0 Å². The number of hydrogen-bond donors (Lipinski definition) is 1. The molecule has 0 radical (unpaired) electrons. The number of aryl methyl sites for hydroxylation is 1. The van der Waals surface area contributed by atoms with Gasteiger partial charge >= 0.3 is 0 Å². The number of para-hydroxylation sites is 1. The molecule has 1 fully saturated rings. The quantitative estimate of drug-likeness (QED) is 0.900. The molecule has 1 aliphatic rings. The lowest BCUT2D eigenvalue weighted by molar-refractivity contribution is 0.338. The molecule has 0 unspecified atom stereocenters. The minimum absolute atomic E-state index is 0.889.